The van der Waals surface area contributed by atoms with Crippen LogP contribution in [0.2, 0.25) is 0 Å². The first-order valence-corrected chi connectivity index (χ1v) is 10.2. The lowest BCUT2D eigenvalue weighted by Gasteiger charge is -2.40. The van der Waals surface area contributed by atoms with Crippen molar-refractivity contribution in [3.05, 3.63) is 0 Å². The Hall–Kier alpha value is 0.570. The van der Waals surface area contributed by atoms with Gasteiger partial charge in [0, 0.05) is 12.5 Å². The van der Waals surface area contributed by atoms with Crippen molar-refractivity contribution in [1.29, 1.82) is 0 Å². The van der Waals surface area contributed by atoms with Crippen LogP contribution in [0.1, 0.15) is 19.3 Å². The first-order valence-electron chi connectivity index (χ1n) is 6.16. The minimum absolute atomic E-state index is 0.248. The van der Waals surface area contributed by atoms with Crippen LogP contribution in [0.5, 0.6) is 0 Å². The zero-order valence-corrected chi connectivity index (χ0v) is 13.5. The Morgan fingerprint density at radius 1 is 1.20 bits per heavy atom. The molecule has 0 radical (unpaired) electrons. The standard InChI is InChI=1S/C9H21NO7P2S/c11-9(19(15,16)17,3-4-18(12,13)14)8-2-1-7(6-20)5-10-8/h7-8,10-11,20H,1-6H2,(H2,12,13,14)(H2,15,16,17). The third-order valence-corrected chi connectivity index (χ3v) is 6.47. The molecule has 0 aliphatic carbocycles. The second kappa shape index (κ2) is 6.77. The predicted octanol–water partition coefficient (Wildman–Crippen LogP) is -0.282. The predicted molar refractivity (Wildman–Crippen MR) is 76.9 cm³/mol. The molecule has 0 saturated carbocycles. The Kier molecular flexibility index (Phi) is 6.30. The molecule has 8 nitrogen and oxygen atoms in total. The topological polar surface area (TPSA) is 147 Å². The van der Waals surface area contributed by atoms with Gasteiger partial charge in [0.15, 0.2) is 5.34 Å². The Bertz CT molecular complexity index is 417. The van der Waals surface area contributed by atoms with Gasteiger partial charge in [-0.15, -0.1) is 0 Å². The lowest BCUT2D eigenvalue weighted by Crippen LogP contribution is -2.54. The molecule has 6 N–H and O–H groups in total. The van der Waals surface area contributed by atoms with Crippen LogP contribution in [-0.4, -0.2) is 54.5 Å². The molecular formula is C9H21NO7P2S. The summed E-state index contributed by atoms with van der Waals surface area (Å²) < 4.78 is 22.4. The van der Waals surface area contributed by atoms with Crippen LogP contribution in [0.3, 0.4) is 0 Å². The number of aliphatic hydroxyl groups is 1. The van der Waals surface area contributed by atoms with Gasteiger partial charge in [0.25, 0.3) is 0 Å². The van der Waals surface area contributed by atoms with Gasteiger partial charge in [0.05, 0.1) is 6.16 Å². The monoisotopic (exact) mass is 349 g/mol. The van der Waals surface area contributed by atoms with Gasteiger partial charge in [-0.1, -0.05) is 0 Å². The first-order chi connectivity index (χ1) is 8.99. The van der Waals surface area contributed by atoms with Crippen molar-refractivity contribution in [2.24, 2.45) is 5.92 Å². The molecule has 0 aromatic rings. The molecule has 0 amide bonds. The summed E-state index contributed by atoms with van der Waals surface area (Å²) in [5.74, 6) is 0.869. The Morgan fingerprint density at radius 3 is 2.15 bits per heavy atom. The van der Waals surface area contributed by atoms with Gasteiger partial charge >= 0.3 is 15.2 Å². The molecule has 1 rings (SSSR count). The highest BCUT2D eigenvalue weighted by Crippen LogP contribution is 2.55. The first kappa shape index (κ1) is 18.6. The van der Waals surface area contributed by atoms with Crippen molar-refractivity contribution < 1.29 is 33.8 Å². The summed E-state index contributed by atoms with van der Waals surface area (Å²) >= 11 is 4.14. The van der Waals surface area contributed by atoms with E-state index < -0.39 is 39.2 Å². The van der Waals surface area contributed by atoms with Gasteiger partial charge in [0.2, 0.25) is 0 Å². The quantitative estimate of drug-likeness (QED) is 0.256. The molecule has 1 saturated heterocycles. The van der Waals surface area contributed by atoms with Crippen molar-refractivity contribution in [2.75, 3.05) is 18.5 Å². The molecule has 1 aliphatic rings. The lowest BCUT2D eigenvalue weighted by molar-refractivity contribution is 0.0346. The van der Waals surface area contributed by atoms with E-state index in [-0.39, 0.29) is 5.92 Å². The normalized spacial score (nSPS) is 28.1. The minimum Gasteiger partial charge on any atom is -0.376 e. The average Bonchev–Trinajstić information content (AvgIpc) is 2.34. The lowest BCUT2D eigenvalue weighted by atomic mass is 9.92. The van der Waals surface area contributed by atoms with Crippen LogP contribution in [0.4, 0.5) is 0 Å². The number of nitrogens with one attached hydrogen (secondary N) is 1. The smallest absolute Gasteiger partial charge is 0.358 e. The number of hydrogen-bond acceptors (Lipinski definition) is 5. The second-order valence-electron chi connectivity index (χ2n) is 5.15. The van der Waals surface area contributed by atoms with Crippen molar-refractivity contribution in [1.82, 2.24) is 5.32 Å². The zero-order chi connectivity index (χ0) is 15.6. The molecule has 0 aromatic carbocycles. The van der Waals surface area contributed by atoms with E-state index >= 15 is 0 Å². The Labute approximate surface area is 122 Å². The number of rotatable bonds is 6. The average molecular weight is 349 g/mol. The van der Waals surface area contributed by atoms with Crippen molar-refractivity contribution in [3.8, 4) is 0 Å². The van der Waals surface area contributed by atoms with E-state index in [2.05, 4.69) is 17.9 Å². The summed E-state index contributed by atoms with van der Waals surface area (Å²) in [5, 5.41) is 10.7. The number of piperidine rings is 1. The van der Waals surface area contributed by atoms with Crippen molar-refractivity contribution in [3.63, 3.8) is 0 Å². The maximum atomic E-state index is 11.6. The highest BCUT2D eigenvalue weighted by Gasteiger charge is 2.52. The van der Waals surface area contributed by atoms with Gasteiger partial charge in [0.1, 0.15) is 0 Å². The fourth-order valence-corrected chi connectivity index (χ4v) is 4.45. The molecule has 20 heavy (non-hydrogen) atoms. The van der Waals surface area contributed by atoms with Crippen LogP contribution in [-0.2, 0) is 9.13 Å². The summed E-state index contributed by atoms with van der Waals surface area (Å²) in [6, 6.07) is -0.897. The molecule has 1 fully saturated rings. The molecule has 120 valence electrons. The van der Waals surface area contributed by atoms with Crippen LogP contribution in [0.25, 0.3) is 0 Å². The third kappa shape index (κ3) is 4.80. The molecule has 0 spiro atoms. The van der Waals surface area contributed by atoms with Crippen LogP contribution in [0, 0.1) is 5.92 Å². The maximum absolute atomic E-state index is 11.6. The van der Waals surface area contributed by atoms with Crippen LogP contribution in [0.15, 0.2) is 0 Å². The maximum Gasteiger partial charge on any atom is 0.358 e. The summed E-state index contributed by atoms with van der Waals surface area (Å²) in [5.41, 5.74) is 0. The molecule has 1 heterocycles. The molecule has 0 aromatic heterocycles. The van der Waals surface area contributed by atoms with E-state index in [1.807, 2.05) is 0 Å². The van der Waals surface area contributed by atoms with Crippen LogP contribution >= 0.6 is 27.8 Å². The molecular weight excluding hydrogens is 328 g/mol. The molecule has 11 heteroatoms. The van der Waals surface area contributed by atoms with E-state index in [4.69, 9.17) is 9.79 Å². The number of hydrogen-bond donors (Lipinski definition) is 7. The minimum atomic E-state index is -4.94. The van der Waals surface area contributed by atoms with Gasteiger partial charge < -0.3 is 30.0 Å². The van der Waals surface area contributed by atoms with Crippen molar-refractivity contribution >= 4 is 27.8 Å². The fourth-order valence-electron chi connectivity index (χ4n) is 2.30. The largest absolute Gasteiger partial charge is 0.376 e. The van der Waals surface area contributed by atoms with Crippen molar-refractivity contribution in [2.45, 2.75) is 30.6 Å². The van der Waals surface area contributed by atoms with E-state index in [1.54, 1.807) is 0 Å². The summed E-state index contributed by atoms with van der Waals surface area (Å²) in [6.45, 7) is 0.451. The molecule has 0 bridgehead atoms. The Morgan fingerprint density at radius 2 is 1.80 bits per heavy atom. The van der Waals surface area contributed by atoms with E-state index in [9.17, 15) is 24.0 Å². The van der Waals surface area contributed by atoms with Gasteiger partial charge in [-0.2, -0.15) is 12.6 Å². The van der Waals surface area contributed by atoms with Gasteiger partial charge in [-0.25, -0.2) is 0 Å². The highest BCUT2D eigenvalue weighted by molar-refractivity contribution is 7.80. The fraction of sp³-hybridized carbons (Fsp3) is 1.00. The highest BCUT2D eigenvalue weighted by atomic mass is 32.1. The summed E-state index contributed by atoms with van der Waals surface area (Å²) in [4.78, 5) is 36.4. The van der Waals surface area contributed by atoms with Gasteiger partial charge in [-0.05, 0) is 31.1 Å². The van der Waals surface area contributed by atoms with E-state index in [1.165, 1.54) is 0 Å². The summed E-state index contributed by atoms with van der Waals surface area (Å²) in [7, 11) is -9.38. The summed E-state index contributed by atoms with van der Waals surface area (Å²) in [6.07, 6.45) is -0.485. The molecule has 3 unspecified atom stereocenters. The van der Waals surface area contributed by atoms with E-state index in [0.29, 0.717) is 25.1 Å². The molecule has 3 atom stereocenters. The second-order valence-corrected chi connectivity index (χ2v) is 9.15. The molecule has 1 aliphatic heterocycles. The number of thiol groups is 1. The third-order valence-electron chi connectivity index (χ3n) is 3.61. The Balaban J connectivity index is 2.85. The van der Waals surface area contributed by atoms with Crippen LogP contribution < -0.4 is 5.32 Å². The van der Waals surface area contributed by atoms with Gasteiger partial charge in [-0.3, -0.25) is 9.13 Å². The zero-order valence-electron chi connectivity index (χ0n) is 10.8. The van der Waals surface area contributed by atoms with E-state index in [0.717, 1.165) is 0 Å². The SMILES string of the molecule is O=P(O)(O)CCC(O)(C1CCC(CS)CN1)P(=O)(O)O.